The predicted octanol–water partition coefficient (Wildman–Crippen LogP) is 6.75. The molecule has 1 heterocycles. The molecule has 0 spiro atoms. The van der Waals surface area contributed by atoms with E-state index in [0.29, 0.717) is 29.8 Å². The molecule has 3 aliphatic rings. The van der Waals surface area contributed by atoms with Gasteiger partial charge in [-0.2, -0.15) is 13.2 Å². The Morgan fingerprint density at radius 1 is 1.13 bits per heavy atom. The van der Waals surface area contributed by atoms with Gasteiger partial charge < -0.3 is 21.1 Å². The van der Waals surface area contributed by atoms with Gasteiger partial charge in [0.15, 0.2) is 0 Å². The summed E-state index contributed by atoms with van der Waals surface area (Å²) in [5, 5.41) is 21.3. The van der Waals surface area contributed by atoms with E-state index >= 15 is 0 Å². The van der Waals surface area contributed by atoms with Crippen molar-refractivity contribution in [3.05, 3.63) is 47.5 Å². The summed E-state index contributed by atoms with van der Waals surface area (Å²) in [6, 6.07) is 12.5. The molecule has 2 bridgehead atoms. The number of nitrogens with one attached hydrogen (secondary N) is 3. The molecule has 0 unspecified atom stereocenters. The summed E-state index contributed by atoms with van der Waals surface area (Å²) in [4.78, 5) is 21.1. The van der Waals surface area contributed by atoms with Crippen molar-refractivity contribution in [2.45, 2.75) is 88.8 Å². The number of phenols is 1. The minimum Gasteiger partial charge on any atom is -0.506 e. The predicted molar refractivity (Wildman–Crippen MR) is 146 cm³/mol. The van der Waals surface area contributed by atoms with Gasteiger partial charge in [-0.25, -0.2) is 0 Å². The first kappa shape index (κ1) is 28.9. The quantitative estimate of drug-likeness (QED) is 0.176. The van der Waals surface area contributed by atoms with Crippen LogP contribution in [0.5, 0.6) is 5.75 Å². The molecule has 212 valence electrons. The van der Waals surface area contributed by atoms with Crippen LogP contribution in [-0.4, -0.2) is 36.1 Å². The van der Waals surface area contributed by atoms with Gasteiger partial charge >= 0.3 is 6.18 Å². The van der Waals surface area contributed by atoms with Crippen LogP contribution in [0, 0.1) is 5.92 Å². The molecule has 1 amide bonds. The second-order valence-electron chi connectivity index (χ2n) is 10.9. The summed E-state index contributed by atoms with van der Waals surface area (Å²) < 4.78 is 31.2. The highest BCUT2D eigenvalue weighted by atomic mass is 19.4. The standard InChI is InChI=1S/C28H37N3O2.C2HF3O/c1-2-3-4-12-27(33)31-23-11-6-5-10-22(23)30-25-17-19-16-24-20-9-7-8-13-28(20,14-15-29-24)21(19)18-26(25)32;3-2(4,5)1-6/h5-6,10-11,17-18,20,24,29-30,32H,2-4,7-9,12-16H2,1H3,(H,31,33);1H/t20-,24+,28+;/m1./s1. The summed E-state index contributed by atoms with van der Waals surface area (Å²) in [5.74, 6) is 1.02. The van der Waals surface area contributed by atoms with Crippen molar-refractivity contribution in [1.29, 1.82) is 0 Å². The first-order valence-electron chi connectivity index (χ1n) is 14.0. The fourth-order valence-electron chi connectivity index (χ4n) is 6.67. The van der Waals surface area contributed by atoms with Crippen LogP contribution in [0.3, 0.4) is 0 Å². The van der Waals surface area contributed by atoms with Crippen LogP contribution in [0.1, 0.15) is 75.8 Å². The average Bonchev–Trinajstić information content (AvgIpc) is 2.91. The zero-order valence-corrected chi connectivity index (χ0v) is 22.4. The van der Waals surface area contributed by atoms with Gasteiger partial charge in [0.25, 0.3) is 0 Å². The van der Waals surface area contributed by atoms with Crippen LogP contribution in [-0.2, 0) is 21.4 Å². The van der Waals surface area contributed by atoms with Crippen LogP contribution in [0.15, 0.2) is 36.4 Å². The van der Waals surface area contributed by atoms with Crippen molar-refractivity contribution < 1.29 is 27.9 Å². The molecule has 1 saturated carbocycles. The number of amides is 1. The number of carbonyl (C=O) groups is 2. The SMILES string of the molecule is CCCCCC(=O)Nc1ccccc1Nc1cc2c(cc1O)[C@]13CCCC[C@@H]1[C@H](C2)NCC3.O=CC(F)(F)F. The maximum Gasteiger partial charge on any atom is 0.446 e. The smallest absolute Gasteiger partial charge is 0.446 e. The summed E-state index contributed by atoms with van der Waals surface area (Å²) >= 11 is 0. The molecule has 4 N–H and O–H groups in total. The van der Waals surface area contributed by atoms with E-state index in [2.05, 4.69) is 28.9 Å². The van der Waals surface area contributed by atoms with Crippen molar-refractivity contribution in [2.75, 3.05) is 17.2 Å². The van der Waals surface area contributed by atoms with Crippen LogP contribution in [0.4, 0.5) is 30.2 Å². The third kappa shape index (κ3) is 6.75. The number of carbonyl (C=O) groups excluding carboxylic acids is 2. The molecular formula is C30H38F3N3O3. The Balaban J connectivity index is 0.000000531. The van der Waals surface area contributed by atoms with Crippen molar-refractivity contribution >= 4 is 29.3 Å². The second kappa shape index (κ2) is 12.4. The van der Waals surface area contributed by atoms with Gasteiger partial charge in [-0.3, -0.25) is 9.59 Å². The Hall–Kier alpha value is -3.07. The molecule has 2 aliphatic carbocycles. The summed E-state index contributed by atoms with van der Waals surface area (Å²) in [7, 11) is 0. The molecule has 0 aromatic heterocycles. The third-order valence-corrected chi connectivity index (χ3v) is 8.37. The number of rotatable bonds is 7. The van der Waals surface area contributed by atoms with Gasteiger partial charge in [0.1, 0.15) is 5.75 Å². The maximum absolute atomic E-state index is 12.4. The number of anilines is 3. The van der Waals surface area contributed by atoms with Gasteiger partial charge in [0.2, 0.25) is 12.2 Å². The Morgan fingerprint density at radius 3 is 2.59 bits per heavy atom. The van der Waals surface area contributed by atoms with Gasteiger partial charge in [0, 0.05) is 17.9 Å². The summed E-state index contributed by atoms with van der Waals surface area (Å²) in [6.07, 6.45) is 5.23. The van der Waals surface area contributed by atoms with E-state index in [0.717, 1.165) is 43.6 Å². The number of unbranched alkanes of at least 4 members (excludes halogenated alkanes) is 2. The largest absolute Gasteiger partial charge is 0.506 e. The van der Waals surface area contributed by atoms with Crippen LogP contribution < -0.4 is 16.0 Å². The number of alkyl halides is 3. The van der Waals surface area contributed by atoms with E-state index in [4.69, 9.17) is 4.79 Å². The average molecular weight is 546 g/mol. The highest BCUT2D eigenvalue weighted by Crippen LogP contribution is 2.55. The highest BCUT2D eigenvalue weighted by Gasteiger charge is 2.51. The zero-order chi connectivity index (χ0) is 28.0. The number of benzene rings is 2. The highest BCUT2D eigenvalue weighted by molar-refractivity contribution is 5.95. The van der Waals surface area contributed by atoms with Gasteiger partial charge in [0.05, 0.1) is 17.1 Å². The molecule has 9 heteroatoms. The number of fused-ring (bicyclic) bond motifs is 1. The van der Waals surface area contributed by atoms with Gasteiger partial charge in [-0.15, -0.1) is 0 Å². The number of hydrogen-bond acceptors (Lipinski definition) is 5. The maximum atomic E-state index is 12.4. The third-order valence-electron chi connectivity index (χ3n) is 8.37. The van der Waals surface area contributed by atoms with Gasteiger partial charge in [-0.1, -0.05) is 44.7 Å². The van der Waals surface area contributed by atoms with E-state index < -0.39 is 12.5 Å². The number of aldehydes is 1. The van der Waals surface area contributed by atoms with Crippen molar-refractivity contribution in [1.82, 2.24) is 5.32 Å². The van der Waals surface area contributed by atoms with E-state index in [9.17, 15) is 23.1 Å². The lowest BCUT2D eigenvalue weighted by Crippen LogP contribution is -2.59. The first-order valence-corrected chi connectivity index (χ1v) is 14.0. The second-order valence-corrected chi connectivity index (χ2v) is 10.9. The minimum absolute atomic E-state index is 0.0358. The van der Waals surface area contributed by atoms with E-state index in [-0.39, 0.29) is 11.3 Å². The number of piperidine rings is 1. The first-order chi connectivity index (χ1) is 18.7. The Morgan fingerprint density at radius 2 is 1.87 bits per heavy atom. The molecule has 5 rings (SSSR count). The van der Waals surface area contributed by atoms with Gasteiger partial charge in [-0.05, 0) is 80.0 Å². The van der Waals surface area contributed by atoms with Crippen LogP contribution >= 0.6 is 0 Å². The van der Waals surface area contributed by atoms with Crippen molar-refractivity contribution in [3.63, 3.8) is 0 Å². The Labute approximate surface area is 227 Å². The minimum atomic E-state index is -4.64. The van der Waals surface area contributed by atoms with E-state index in [1.54, 1.807) is 0 Å². The van der Waals surface area contributed by atoms with Crippen molar-refractivity contribution in [2.24, 2.45) is 5.92 Å². The Bertz CT molecular complexity index is 1170. The molecule has 1 saturated heterocycles. The molecular weight excluding hydrogens is 507 g/mol. The molecule has 1 aliphatic heterocycles. The molecule has 6 nitrogen and oxygen atoms in total. The number of phenolic OH excluding ortho intramolecular Hbond substituents is 1. The molecule has 3 atom stereocenters. The lowest BCUT2D eigenvalue weighted by Gasteiger charge is -2.56. The summed E-state index contributed by atoms with van der Waals surface area (Å²) in [5.41, 5.74) is 5.23. The Kier molecular flexibility index (Phi) is 9.20. The number of aromatic hydroxyl groups is 1. The van der Waals surface area contributed by atoms with E-state index in [1.165, 1.54) is 43.2 Å². The topological polar surface area (TPSA) is 90.5 Å². The zero-order valence-electron chi connectivity index (χ0n) is 22.4. The van der Waals surface area contributed by atoms with Crippen molar-refractivity contribution in [3.8, 4) is 5.75 Å². The van der Waals surface area contributed by atoms with Crippen LogP contribution in [0.2, 0.25) is 0 Å². The lowest BCUT2D eigenvalue weighted by atomic mass is 9.53. The molecule has 2 aromatic rings. The molecule has 0 radical (unpaired) electrons. The number of halogens is 3. The fourth-order valence-corrected chi connectivity index (χ4v) is 6.67. The lowest BCUT2D eigenvalue weighted by molar-refractivity contribution is -0.156. The van der Waals surface area contributed by atoms with E-state index in [1.807, 2.05) is 30.3 Å². The monoisotopic (exact) mass is 545 g/mol. The normalized spacial score (nSPS) is 23.4. The molecule has 39 heavy (non-hydrogen) atoms. The number of hydrogen-bond donors (Lipinski definition) is 4. The number of para-hydroxylation sites is 2. The summed E-state index contributed by atoms with van der Waals surface area (Å²) in [6.45, 7) is 3.21. The van der Waals surface area contributed by atoms with Crippen LogP contribution in [0.25, 0.3) is 0 Å². The molecule has 2 aromatic carbocycles. The molecule has 2 fully saturated rings. The fraction of sp³-hybridized carbons (Fsp3) is 0.533.